The molecular weight excluding hydrogens is 550 g/mol. The van der Waals surface area contributed by atoms with Gasteiger partial charge < -0.3 is 15.3 Å². The average Bonchev–Trinajstić information content (AvgIpc) is 3.43. The fourth-order valence-corrected chi connectivity index (χ4v) is 4.85. The largest absolute Gasteiger partial charge is 0.478 e. The van der Waals surface area contributed by atoms with Crippen LogP contribution in [0, 0.1) is 0 Å². The van der Waals surface area contributed by atoms with Crippen molar-refractivity contribution in [2.45, 2.75) is 43.3 Å². The van der Waals surface area contributed by atoms with Gasteiger partial charge in [-0.15, -0.1) is 11.8 Å². The molecule has 1 atom stereocenters. The quantitative estimate of drug-likeness (QED) is 0.273. The van der Waals surface area contributed by atoms with Gasteiger partial charge in [0.1, 0.15) is 11.4 Å². The summed E-state index contributed by atoms with van der Waals surface area (Å²) >= 11 is 1.10. The smallest absolute Gasteiger partial charge is 0.436 e. The van der Waals surface area contributed by atoms with Crippen molar-refractivity contribution >= 4 is 29.5 Å². The van der Waals surface area contributed by atoms with Crippen molar-refractivity contribution in [3.05, 3.63) is 76.0 Å². The number of alkyl halides is 6. The van der Waals surface area contributed by atoms with E-state index in [1.54, 1.807) is 6.26 Å². The van der Waals surface area contributed by atoms with Gasteiger partial charge in [-0.25, -0.2) is 9.48 Å². The van der Waals surface area contributed by atoms with Gasteiger partial charge in [0.05, 0.1) is 23.7 Å². The molecule has 1 aromatic heterocycles. The maximum Gasteiger partial charge on any atom is 0.436 e. The number of carboxylic acid groups (broad SMARTS) is 1. The van der Waals surface area contributed by atoms with E-state index in [1.165, 1.54) is 42.2 Å². The molecule has 2 heterocycles. The Morgan fingerprint density at radius 2 is 1.72 bits per heavy atom. The molecular formula is C25H22F6N4O3S. The standard InChI is InChI=1S/C25H22F6N4O3S/c1-13(15-3-5-16(6-4-15)23(37)38)32-21(36)19-20(25(29,30)31)33-35-8-7-34(22(19)35)12-14-9-17(24(26,27)28)11-18(10-14)39-2/h3-6,9-11,13H,7-8,12H2,1-2H3,(H,32,36)(H,37,38)/t13-/m0/s1. The van der Waals surface area contributed by atoms with Crippen LogP contribution < -0.4 is 10.2 Å². The lowest BCUT2D eigenvalue weighted by molar-refractivity contribution is -0.142. The number of carbonyl (C=O) groups is 2. The van der Waals surface area contributed by atoms with E-state index < -0.39 is 47.1 Å². The van der Waals surface area contributed by atoms with Crippen LogP contribution >= 0.6 is 11.8 Å². The van der Waals surface area contributed by atoms with Crippen molar-refractivity contribution < 1.29 is 41.0 Å². The number of amides is 1. The number of hydrogen-bond acceptors (Lipinski definition) is 5. The first-order valence-corrected chi connectivity index (χ1v) is 12.7. The average molecular weight is 573 g/mol. The van der Waals surface area contributed by atoms with Gasteiger partial charge in [0.25, 0.3) is 5.91 Å². The number of thioether (sulfide) groups is 1. The molecule has 0 saturated carbocycles. The number of aromatic carboxylic acids is 1. The zero-order chi connectivity index (χ0) is 28.7. The first kappa shape index (κ1) is 28.3. The van der Waals surface area contributed by atoms with Gasteiger partial charge in [0, 0.05) is 18.0 Å². The summed E-state index contributed by atoms with van der Waals surface area (Å²) in [5, 5.41) is 15.2. The fourth-order valence-electron chi connectivity index (χ4n) is 4.33. The topological polar surface area (TPSA) is 87.5 Å². The molecule has 208 valence electrons. The summed E-state index contributed by atoms with van der Waals surface area (Å²) in [4.78, 5) is 26.1. The Hall–Kier alpha value is -3.68. The number of rotatable bonds is 7. The molecule has 0 fully saturated rings. The summed E-state index contributed by atoms with van der Waals surface area (Å²) in [6, 6.07) is 8.14. The van der Waals surface area contributed by atoms with E-state index in [-0.39, 0.29) is 36.6 Å². The third kappa shape index (κ3) is 6.00. The highest BCUT2D eigenvalue weighted by Gasteiger charge is 2.44. The minimum absolute atomic E-state index is 0.000883. The van der Waals surface area contributed by atoms with Crippen molar-refractivity contribution in [1.82, 2.24) is 15.1 Å². The van der Waals surface area contributed by atoms with Crippen molar-refractivity contribution in [1.29, 1.82) is 0 Å². The minimum atomic E-state index is -4.97. The number of benzene rings is 2. The van der Waals surface area contributed by atoms with Crippen molar-refractivity contribution in [3.8, 4) is 0 Å². The van der Waals surface area contributed by atoms with Crippen LogP contribution in [0.2, 0.25) is 0 Å². The van der Waals surface area contributed by atoms with Crippen molar-refractivity contribution in [2.24, 2.45) is 0 Å². The van der Waals surface area contributed by atoms with Gasteiger partial charge in [-0.2, -0.15) is 31.4 Å². The Kier molecular flexibility index (Phi) is 7.61. The molecule has 0 radical (unpaired) electrons. The number of nitrogens with one attached hydrogen (secondary N) is 1. The molecule has 2 aromatic carbocycles. The van der Waals surface area contributed by atoms with Crippen LogP contribution in [0.1, 0.15) is 56.1 Å². The fraction of sp³-hybridized carbons (Fsp3) is 0.320. The first-order valence-electron chi connectivity index (χ1n) is 11.5. The van der Waals surface area contributed by atoms with Gasteiger partial charge in [-0.1, -0.05) is 12.1 Å². The van der Waals surface area contributed by atoms with E-state index in [0.29, 0.717) is 10.5 Å². The lowest BCUT2D eigenvalue weighted by atomic mass is 10.1. The molecule has 2 N–H and O–H groups in total. The maximum atomic E-state index is 13.9. The zero-order valence-electron chi connectivity index (χ0n) is 20.5. The molecule has 0 aliphatic carbocycles. The summed E-state index contributed by atoms with van der Waals surface area (Å²) < 4.78 is 83.1. The lowest BCUT2D eigenvalue weighted by Crippen LogP contribution is -2.31. The highest BCUT2D eigenvalue weighted by Crippen LogP contribution is 2.39. The molecule has 39 heavy (non-hydrogen) atoms. The summed E-state index contributed by atoms with van der Waals surface area (Å²) in [5.74, 6) is -2.37. The molecule has 0 spiro atoms. The third-order valence-corrected chi connectivity index (χ3v) is 6.92. The second-order valence-corrected chi connectivity index (χ2v) is 9.76. The highest BCUT2D eigenvalue weighted by molar-refractivity contribution is 7.98. The number of anilines is 1. The summed E-state index contributed by atoms with van der Waals surface area (Å²) in [5.41, 5.74) is -2.34. The molecule has 1 aliphatic heterocycles. The lowest BCUT2D eigenvalue weighted by Gasteiger charge is -2.22. The molecule has 7 nitrogen and oxygen atoms in total. The number of hydrogen-bond donors (Lipinski definition) is 2. The van der Waals surface area contributed by atoms with Gasteiger partial charge >= 0.3 is 18.3 Å². The molecule has 14 heteroatoms. The number of carboxylic acids is 1. The molecule has 1 aliphatic rings. The van der Waals surface area contributed by atoms with Crippen molar-refractivity contribution in [3.63, 3.8) is 0 Å². The molecule has 3 aromatic rings. The van der Waals surface area contributed by atoms with Gasteiger partial charge in [0.2, 0.25) is 0 Å². The van der Waals surface area contributed by atoms with E-state index in [1.807, 2.05) is 0 Å². The van der Waals surface area contributed by atoms with Crippen LogP contribution in [0.15, 0.2) is 47.4 Å². The van der Waals surface area contributed by atoms with E-state index in [2.05, 4.69) is 10.4 Å². The van der Waals surface area contributed by atoms with E-state index in [0.717, 1.165) is 28.6 Å². The van der Waals surface area contributed by atoms with Crippen LogP contribution in [-0.4, -0.2) is 39.6 Å². The van der Waals surface area contributed by atoms with Gasteiger partial charge in [-0.3, -0.25) is 4.79 Å². The summed E-state index contributed by atoms with van der Waals surface area (Å²) in [6.07, 6.45) is -7.97. The number of nitrogens with zero attached hydrogens (tertiary/aromatic N) is 3. The van der Waals surface area contributed by atoms with Crippen LogP contribution in [0.3, 0.4) is 0 Å². The van der Waals surface area contributed by atoms with E-state index >= 15 is 0 Å². The number of fused-ring (bicyclic) bond motifs is 1. The number of halogens is 6. The van der Waals surface area contributed by atoms with Gasteiger partial charge in [0.15, 0.2) is 5.69 Å². The van der Waals surface area contributed by atoms with Gasteiger partial charge in [-0.05, 0) is 54.6 Å². The summed E-state index contributed by atoms with van der Waals surface area (Å²) in [7, 11) is 0. The van der Waals surface area contributed by atoms with E-state index in [9.17, 15) is 35.9 Å². The number of carbonyl (C=O) groups excluding carboxylic acids is 1. The SMILES string of the molecule is CSc1cc(CN2CCn3nc(C(F)(F)F)c(C(=O)N[C@@H](C)c4ccc(C(=O)O)cc4)c32)cc(C(F)(F)F)c1. The Morgan fingerprint density at radius 3 is 2.28 bits per heavy atom. The Labute approximate surface area is 222 Å². The Morgan fingerprint density at radius 1 is 1.05 bits per heavy atom. The minimum Gasteiger partial charge on any atom is -0.478 e. The van der Waals surface area contributed by atoms with Crippen LogP contribution in [0.4, 0.5) is 32.2 Å². The highest BCUT2D eigenvalue weighted by atomic mass is 32.2. The van der Waals surface area contributed by atoms with E-state index in [4.69, 9.17) is 5.11 Å². The Bertz CT molecular complexity index is 1400. The van der Waals surface area contributed by atoms with Crippen LogP contribution in [0.25, 0.3) is 0 Å². The molecule has 1 amide bonds. The normalized spacial score (nSPS) is 14.3. The molecule has 0 saturated heterocycles. The van der Waals surface area contributed by atoms with Crippen LogP contribution in [-0.2, 0) is 25.4 Å². The monoisotopic (exact) mass is 572 g/mol. The number of aromatic nitrogens is 2. The summed E-state index contributed by atoms with van der Waals surface area (Å²) in [6.45, 7) is 1.49. The second kappa shape index (κ2) is 10.5. The molecule has 4 rings (SSSR count). The predicted molar refractivity (Wildman–Crippen MR) is 131 cm³/mol. The predicted octanol–water partition coefficient (Wildman–Crippen LogP) is 5.85. The zero-order valence-corrected chi connectivity index (χ0v) is 21.3. The molecule has 0 bridgehead atoms. The Balaban J connectivity index is 1.68. The third-order valence-electron chi connectivity index (χ3n) is 6.21. The second-order valence-electron chi connectivity index (χ2n) is 8.88. The van der Waals surface area contributed by atoms with Crippen LogP contribution in [0.5, 0.6) is 0 Å². The first-order chi connectivity index (χ1) is 18.2. The molecule has 0 unspecified atom stereocenters. The van der Waals surface area contributed by atoms with Crippen molar-refractivity contribution in [2.75, 3.05) is 17.7 Å². The maximum absolute atomic E-state index is 13.9.